The van der Waals surface area contributed by atoms with E-state index < -0.39 is 0 Å². The first-order valence-corrected chi connectivity index (χ1v) is 8.75. The van der Waals surface area contributed by atoms with Crippen molar-refractivity contribution < 1.29 is 9.47 Å². The fourth-order valence-corrected chi connectivity index (χ4v) is 4.45. The van der Waals surface area contributed by atoms with Crippen LogP contribution in [0, 0.1) is 11.8 Å². The maximum atomic E-state index is 6.43. The largest absolute Gasteiger partial charge is 0.462 e. The van der Waals surface area contributed by atoms with Crippen molar-refractivity contribution in [1.29, 1.82) is 0 Å². The molecular formula is C22H15BO2. The van der Waals surface area contributed by atoms with Crippen LogP contribution >= 0.6 is 0 Å². The van der Waals surface area contributed by atoms with E-state index in [9.17, 15) is 0 Å². The van der Waals surface area contributed by atoms with Crippen molar-refractivity contribution in [3.8, 4) is 11.5 Å². The van der Waals surface area contributed by atoms with E-state index >= 15 is 0 Å². The van der Waals surface area contributed by atoms with E-state index in [2.05, 4.69) is 66.8 Å². The van der Waals surface area contributed by atoms with E-state index in [1.165, 1.54) is 16.4 Å². The zero-order valence-electron chi connectivity index (χ0n) is 13.6. The minimum atomic E-state index is 0.177. The van der Waals surface area contributed by atoms with Crippen molar-refractivity contribution in [3.63, 3.8) is 0 Å². The quantitative estimate of drug-likeness (QED) is 0.694. The van der Waals surface area contributed by atoms with Crippen LogP contribution in [0.4, 0.5) is 0 Å². The molecule has 2 aliphatic carbocycles. The van der Waals surface area contributed by atoms with Crippen LogP contribution in [0.3, 0.4) is 0 Å². The Balaban J connectivity index is 1.67. The van der Waals surface area contributed by atoms with Gasteiger partial charge in [-0.25, -0.2) is 0 Å². The molecule has 0 radical (unpaired) electrons. The van der Waals surface area contributed by atoms with E-state index in [-0.39, 0.29) is 18.5 Å². The molecule has 2 atom stereocenters. The SMILES string of the molecule is C1=CC2C=C3Oc4ccccc4B4C3=C(Oc3ccccc34)C2C=C1. The van der Waals surface area contributed by atoms with Gasteiger partial charge in [-0.05, 0) is 29.1 Å². The highest BCUT2D eigenvalue weighted by molar-refractivity contribution is 6.93. The van der Waals surface area contributed by atoms with E-state index in [0.29, 0.717) is 0 Å². The third-order valence-electron chi connectivity index (χ3n) is 5.54. The summed E-state index contributed by atoms with van der Waals surface area (Å²) in [5, 5.41) is 0. The lowest BCUT2D eigenvalue weighted by atomic mass is 9.33. The van der Waals surface area contributed by atoms with Crippen molar-refractivity contribution in [2.45, 2.75) is 0 Å². The van der Waals surface area contributed by atoms with Crippen molar-refractivity contribution >= 4 is 17.6 Å². The Labute approximate surface area is 146 Å². The van der Waals surface area contributed by atoms with Gasteiger partial charge in [0.05, 0.1) is 0 Å². The average molecular weight is 322 g/mol. The van der Waals surface area contributed by atoms with Gasteiger partial charge in [-0.2, -0.15) is 0 Å². The first kappa shape index (κ1) is 13.4. The summed E-state index contributed by atoms with van der Waals surface area (Å²) in [6, 6.07) is 16.7. The molecule has 0 saturated carbocycles. The molecule has 2 nitrogen and oxygen atoms in total. The maximum Gasteiger partial charge on any atom is 0.260 e. The van der Waals surface area contributed by atoms with Gasteiger partial charge in [0.15, 0.2) is 0 Å². The van der Waals surface area contributed by atoms with Crippen LogP contribution in [-0.2, 0) is 0 Å². The van der Waals surface area contributed by atoms with Crippen LogP contribution in [0.2, 0.25) is 0 Å². The summed E-state index contributed by atoms with van der Waals surface area (Å²) in [6.07, 6.45) is 10.9. The topological polar surface area (TPSA) is 18.5 Å². The molecule has 2 aromatic carbocycles. The van der Waals surface area contributed by atoms with Crippen LogP contribution in [0.15, 0.2) is 95.9 Å². The lowest BCUT2D eigenvalue weighted by molar-refractivity contribution is 0.325. The molecule has 2 aliphatic heterocycles. The lowest BCUT2D eigenvalue weighted by Gasteiger charge is -2.40. The smallest absolute Gasteiger partial charge is 0.260 e. The molecule has 0 N–H and O–H groups in total. The van der Waals surface area contributed by atoms with Gasteiger partial charge < -0.3 is 9.47 Å². The molecule has 0 fully saturated rings. The number of rotatable bonds is 0. The Kier molecular flexibility index (Phi) is 2.56. The number of fused-ring (bicyclic) bond motifs is 6. The maximum absolute atomic E-state index is 6.43. The second-order valence-corrected chi connectivity index (χ2v) is 6.89. The Morgan fingerprint density at radius 3 is 2.24 bits per heavy atom. The summed E-state index contributed by atoms with van der Waals surface area (Å²) >= 11 is 0. The van der Waals surface area contributed by atoms with Crippen molar-refractivity contribution in [3.05, 3.63) is 95.9 Å². The number of para-hydroxylation sites is 2. The fraction of sp³-hybridized carbons (Fsp3) is 0.0909. The molecule has 2 heterocycles. The second-order valence-electron chi connectivity index (χ2n) is 6.89. The predicted molar refractivity (Wildman–Crippen MR) is 99.5 cm³/mol. The summed E-state index contributed by atoms with van der Waals surface area (Å²) in [6.45, 7) is 0.177. The Morgan fingerprint density at radius 1 is 0.760 bits per heavy atom. The van der Waals surface area contributed by atoms with Crippen molar-refractivity contribution in [2.24, 2.45) is 11.8 Å². The van der Waals surface area contributed by atoms with Crippen LogP contribution in [0.25, 0.3) is 0 Å². The highest BCUT2D eigenvalue weighted by Crippen LogP contribution is 2.44. The molecule has 0 aromatic heterocycles. The molecule has 0 bridgehead atoms. The average Bonchev–Trinajstić information content (AvgIpc) is 2.67. The van der Waals surface area contributed by atoms with Crippen LogP contribution in [-0.4, -0.2) is 6.71 Å². The summed E-state index contributed by atoms with van der Waals surface area (Å²) in [7, 11) is 0. The summed E-state index contributed by atoms with van der Waals surface area (Å²) in [4.78, 5) is 0. The normalized spacial score (nSPS) is 24.3. The number of ether oxygens (including phenoxy) is 2. The highest BCUT2D eigenvalue weighted by atomic mass is 16.5. The fourth-order valence-electron chi connectivity index (χ4n) is 4.45. The minimum Gasteiger partial charge on any atom is -0.462 e. The van der Waals surface area contributed by atoms with E-state index in [1.54, 1.807) is 0 Å². The van der Waals surface area contributed by atoms with E-state index in [0.717, 1.165) is 23.0 Å². The summed E-state index contributed by atoms with van der Waals surface area (Å²) in [5.41, 5.74) is 3.63. The Morgan fingerprint density at radius 2 is 1.44 bits per heavy atom. The van der Waals surface area contributed by atoms with E-state index in [1.807, 2.05) is 12.1 Å². The Hall–Kier alpha value is -2.94. The minimum absolute atomic E-state index is 0.177. The number of allylic oxidation sites excluding steroid dienone is 6. The van der Waals surface area contributed by atoms with Crippen LogP contribution in [0.5, 0.6) is 11.5 Å². The molecule has 0 spiro atoms. The van der Waals surface area contributed by atoms with Crippen LogP contribution in [0.1, 0.15) is 0 Å². The predicted octanol–water partition coefficient (Wildman–Crippen LogP) is 3.13. The summed E-state index contributed by atoms with van der Waals surface area (Å²) in [5.74, 6) is 4.44. The van der Waals surface area contributed by atoms with Gasteiger partial charge in [-0.1, -0.05) is 60.7 Å². The first-order valence-electron chi connectivity index (χ1n) is 8.75. The van der Waals surface area contributed by atoms with E-state index in [4.69, 9.17) is 9.47 Å². The van der Waals surface area contributed by atoms with Gasteiger partial charge in [0.2, 0.25) is 0 Å². The van der Waals surface area contributed by atoms with Gasteiger partial charge in [-0.3, -0.25) is 0 Å². The van der Waals surface area contributed by atoms with Gasteiger partial charge >= 0.3 is 0 Å². The molecule has 0 saturated heterocycles. The molecule has 3 heteroatoms. The zero-order chi connectivity index (χ0) is 16.4. The monoisotopic (exact) mass is 322 g/mol. The zero-order valence-corrected chi connectivity index (χ0v) is 13.6. The molecule has 4 aliphatic rings. The Bertz CT molecular complexity index is 1030. The van der Waals surface area contributed by atoms with Crippen molar-refractivity contribution in [2.75, 3.05) is 0 Å². The van der Waals surface area contributed by atoms with Gasteiger partial charge in [0, 0.05) is 17.3 Å². The standard InChI is InChI=1S/C22H15BO2/c1-2-8-15-14(7-1)13-20-21-22(15)25-19-12-6-4-10-17(19)23(21)16-9-3-5-11-18(16)24-20/h1-15H. The van der Waals surface area contributed by atoms with Crippen molar-refractivity contribution in [1.82, 2.24) is 0 Å². The first-order chi connectivity index (χ1) is 12.4. The second kappa shape index (κ2) is 4.79. The lowest BCUT2D eigenvalue weighted by Crippen LogP contribution is -2.53. The van der Waals surface area contributed by atoms with Gasteiger partial charge in [0.1, 0.15) is 23.0 Å². The molecule has 0 amide bonds. The third kappa shape index (κ3) is 1.75. The number of benzene rings is 2. The van der Waals surface area contributed by atoms with Gasteiger partial charge in [0.25, 0.3) is 6.71 Å². The molecule has 25 heavy (non-hydrogen) atoms. The summed E-state index contributed by atoms with van der Waals surface area (Å²) < 4.78 is 12.7. The number of hydrogen-bond acceptors (Lipinski definition) is 2. The highest BCUT2D eigenvalue weighted by Gasteiger charge is 2.46. The molecule has 6 rings (SSSR count). The molecular weight excluding hydrogens is 307 g/mol. The molecule has 118 valence electrons. The molecule has 2 aromatic rings. The third-order valence-corrected chi connectivity index (χ3v) is 5.54. The van der Waals surface area contributed by atoms with Crippen LogP contribution < -0.4 is 20.4 Å². The molecule has 2 unspecified atom stereocenters. The number of hydrogen-bond donors (Lipinski definition) is 0. The van der Waals surface area contributed by atoms with Gasteiger partial charge in [-0.15, -0.1) is 0 Å².